The third-order valence-corrected chi connectivity index (χ3v) is 8.13. The van der Waals surface area contributed by atoms with E-state index in [1.165, 1.54) is 0 Å². The minimum absolute atomic E-state index is 0.464. The van der Waals surface area contributed by atoms with E-state index in [2.05, 4.69) is 42.5 Å². The van der Waals surface area contributed by atoms with Gasteiger partial charge in [0.05, 0.1) is 0 Å². The van der Waals surface area contributed by atoms with Crippen molar-refractivity contribution in [1.82, 2.24) is 0 Å². The van der Waals surface area contributed by atoms with E-state index in [4.69, 9.17) is 4.74 Å². The topological polar surface area (TPSA) is 33.0 Å². The van der Waals surface area contributed by atoms with Crippen LogP contribution in [0.15, 0.2) is 91.0 Å². The van der Waals surface area contributed by atoms with Crippen molar-refractivity contribution < 1.29 is 4.74 Å². The lowest BCUT2D eigenvalue weighted by Crippen LogP contribution is -2.30. The highest BCUT2D eigenvalue weighted by atomic mass is 31.2. The molecule has 0 aliphatic carbocycles. The summed E-state index contributed by atoms with van der Waals surface area (Å²) in [5.41, 5.74) is 0.464. The Bertz CT molecular complexity index is 793. The summed E-state index contributed by atoms with van der Waals surface area (Å²) in [6.45, 7) is -2.33. The van der Waals surface area contributed by atoms with Crippen molar-refractivity contribution >= 4 is 28.3 Å². The van der Waals surface area contributed by atoms with Gasteiger partial charge in [-0.3, -0.25) is 0 Å². The summed E-state index contributed by atoms with van der Waals surface area (Å²) in [5, 5.41) is 13.2. The predicted octanol–water partition coefficient (Wildman–Crippen LogP) is 3.28. The van der Waals surface area contributed by atoms with Gasteiger partial charge in [-0.2, -0.15) is 5.26 Å². The number of rotatable bonds is 4. The van der Waals surface area contributed by atoms with Crippen molar-refractivity contribution in [2.24, 2.45) is 0 Å². The Balaban J connectivity index is 2.54. The Morgan fingerprint density at radius 2 is 1.04 bits per heavy atom. The molecule has 0 unspecified atom stereocenters. The van der Waals surface area contributed by atoms with E-state index in [1.54, 1.807) is 7.11 Å². The van der Waals surface area contributed by atoms with Crippen LogP contribution in [-0.2, 0) is 4.74 Å². The van der Waals surface area contributed by atoms with Crippen LogP contribution in [0, 0.1) is 11.3 Å². The van der Waals surface area contributed by atoms with E-state index >= 15 is 0 Å². The van der Waals surface area contributed by atoms with E-state index in [9.17, 15) is 5.26 Å². The van der Waals surface area contributed by atoms with Gasteiger partial charge in [0.1, 0.15) is 6.07 Å². The molecule has 0 radical (unpaired) electrons. The summed E-state index contributed by atoms with van der Waals surface area (Å²) >= 11 is 0. The van der Waals surface area contributed by atoms with Crippen molar-refractivity contribution in [2.75, 3.05) is 7.11 Å². The second kappa shape index (κ2) is 7.32. The van der Waals surface area contributed by atoms with Crippen molar-refractivity contribution in [1.29, 1.82) is 5.26 Å². The first-order valence-corrected chi connectivity index (χ1v) is 9.50. The van der Waals surface area contributed by atoms with Crippen LogP contribution in [0.4, 0.5) is 0 Å². The zero-order valence-electron chi connectivity index (χ0n) is 13.5. The second-order valence-electron chi connectivity index (χ2n) is 5.30. The van der Waals surface area contributed by atoms with Gasteiger partial charge in [-0.15, -0.1) is 0 Å². The standard InChI is InChI=1S/C21H18NOP/c1-23-21(17-22)24(18-11-5-2-6-12-18,19-13-7-3-8-14-19)20-15-9-4-10-16-20/h2-16H,1H3. The van der Waals surface area contributed by atoms with Crippen LogP contribution in [0.5, 0.6) is 0 Å². The summed E-state index contributed by atoms with van der Waals surface area (Å²) in [5.74, 6) is 0. The largest absolute Gasteiger partial charge is 0.338 e. The molecule has 0 N–H and O–H groups in total. The first-order chi connectivity index (χ1) is 11.8. The van der Waals surface area contributed by atoms with Crippen molar-refractivity contribution in [3.05, 3.63) is 91.0 Å². The van der Waals surface area contributed by atoms with E-state index in [-0.39, 0.29) is 0 Å². The monoisotopic (exact) mass is 331 g/mol. The Labute approximate surface area is 142 Å². The van der Waals surface area contributed by atoms with Gasteiger partial charge in [-0.25, -0.2) is 0 Å². The minimum Gasteiger partial charge on any atom is -0.338 e. The molecule has 0 spiro atoms. The lowest BCUT2D eigenvalue weighted by molar-refractivity contribution is 0.418. The van der Waals surface area contributed by atoms with Crippen LogP contribution in [0.25, 0.3) is 0 Å². The van der Waals surface area contributed by atoms with Crippen molar-refractivity contribution in [3.63, 3.8) is 0 Å². The molecule has 24 heavy (non-hydrogen) atoms. The molecule has 0 saturated heterocycles. The van der Waals surface area contributed by atoms with Crippen LogP contribution in [0.1, 0.15) is 0 Å². The lowest BCUT2D eigenvalue weighted by atomic mass is 10.4. The molecule has 118 valence electrons. The molecular weight excluding hydrogens is 313 g/mol. The number of nitrogens with zero attached hydrogens (tertiary/aromatic N) is 1. The summed E-state index contributed by atoms with van der Waals surface area (Å²) in [6.07, 6.45) is 0. The highest BCUT2D eigenvalue weighted by Crippen LogP contribution is 2.46. The zero-order chi connectivity index (χ0) is 16.8. The molecule has 0 aliphatic rings. The van der Waals surface area contributed by atoms with Crippen LogP contribution >= 0.6 is 6.89 Å². The predicted molar refractivity (Wildman–Crippen MR) is 103 cm³/mol. The first-order valence-electron chi connectivity index (χ1n) is 7.71. The quantitative estimate of drug-likeness (QED) is 0.688. The summed E-state index contributed by atoms with van der Waals surface area (Å²) in [4.78, 5) is 0. The average molecular weight is 331 g/mol. The Morgan fingerprint density at radius 3 is 1.29 bits per heavy atom. The van der Waals surface area contributed by atoms with Gasteiger partial charge in [-0.05, 0) is 15.9 Å². The fourth-order valence-electron chi connectivity index (χ4n) is 3.01. The molecule has 0 amide bonds. The average Bonchev–Trinajstić information content (AvgIpc) is 2.68. The lowest BCUT2D eigenvalue weighted by Gasteiger charge is -2.29. The molecule has 0 fully saturated rings. The van der Waals surface area contributed by atoms with Gasteiger partial charge in [0, 0.05) is 14.0 Å². The van der Waals surface area contributed by atoms with Gasteiger partial charge in [-0.1, -0.05) is 91.0 Å². The van der Waals surface area contributed by atoms with Gasteiger partial charge in [0.15, 0.2) is 5.48 Å². The summed E-state index contributed by atoms with van der Waals surface area (Å²) < 4.78 is 5.63. The van der Waals surface area contributed by atoms with E-state index < -0.39 is 6.89 Å². The molecule has 0 aliphatic heterocycles. The van der Waals surface area contributed by atoms with Crippen LogP contribution in [0.2, 0.25) is 0 Å². The molecule has 0 heterocycles. The van der Waals surface area contributed by atoms with Gasteiger partial charge < -0.3 is 4.74 Å². The van der Waals surface area contributed by atoms with Crippen LogP contribution in [0.3, 0.4) is 0 Å². The number of methoxy groups -OCH3 is 1. The second-order valence-corrected chi connectivity index (χ2v) is 8.60. The van der Waals surface area contributed by atoms with Crippen LogP contribution in [-0.4, -0.2) is 12.6 Å². The van der Waals surface area contributed by atoms with E-state index in [0.717, 1.165) is 15.9 Å². The minimum atomic E-state index is -2.33. The molecule has 0 bridgehead atoms. The fraction of sp³-hybridized carbons (Fsp3) is 0.0476. The molecule has 0 atom stereocenters. The van der Waals surface area contributed by atoms with Crippen molar-refractivity contribution in [2.45, 2.75) is 0 Å². The van der Waals surface area contributed by atoms with Gasteiger partial charge in [0.2, 0.25) is 0 Å². The maximum Gasteiger partial charge on any atom is 0.160 e. The third-order valence-electron chi connectivity index (χ3n) is 4.02. The van der Waals surface area contributed by atoms with Gasteiger partial charge in [0.25, 0.3) is 0 Å². The number of nitriles is 1. The molecule has 3 heteroatoms. The number of hydrogen-bond acceptors (Lipinski definition) is 2. The number of hydrogen-bond donors (Lipinski definition) is 0. The molecule has 3 aromatic rings. The third kappa shape index (κ3) is 2.69. The first kappa shape index (κ1) is 16.3. The smallest absolute Gasteiger partial charge is 0.160 e. The summed E-state index contributed by atoms with van der Waals surface area (Å²) in [7, 11) is 1.59. The Morgan fingerprint density at radius 1 is 0.708 bits per heavy atom. The maximum atomic E-state index is 9.86. The fourth-order valence-corrected chi connectivity index (χ4v) is 6.89. The summed E-state index contributed by atoms with van der Waals surface area (Å²) in [6, 6.07) is 32.9. The van der Waals surface area contributed by atoms with E-state index in [1.807, 2.05) is 54.6 Å². The normalized spacial score (nSPS) is 10.8. The molecule has 2 nitrogen and oxygen atoms in total. The van der Waals surface area contributed by atoms with Crippen molar-refractivity contribution in [3.8, 4) is 6.07 Å². The number of benzene rings is 3. The highest BCUT2D eigenvalue weighted by Gasteiger charge is 2.30. The number of ether oxygens (including phenoxy) is 1. The van der Waals surface area contributed by atoms with Crippen LogP contribution < -0.4 is 15.9 Å². The molecule has 0 aromatic heterocycles. The molecule has 3 rings (SSSR count). The Kier molecular flexibility index (Phi) is 4.96. The molecule has 0 saturated carbocycles. The Hall–Kier alpha value is -2.59. The van der Waals surface area contributed by atoms with Gasteiger partial charge >= 0.3 is 0 Å². The highest BCUT2D eigenvalue weighted by molar-refractivity contribution is 7.95. The molecule has 3 aromatic carbocycles. The van der Waals surface area contributed by atoms with E-state index in [0.29, 0.717) is 5.48 Å². The zero-order valence-corrected chi connectivity index (χ0v) is 14.4. The maximum absolute atomic E-state index is 9.86. The molecular formula is C21H18NOP. The SMILES string of the molecule is COC(C#N)=P(c1ccccc1)(c1ccccc1)c1ccccc1.